The number of aldehydes is 1. The van der Waals surface area contributed by atoms with Crippen molar-refractivity contribution in [2.45, 2.75) is 6.92 Å². The Morgan fingerprint density at radius 2 is 2.31 bits per heavy atom. The molecule has 0 aliphatic carbocycles. The predicted molar refractivity (Wildman–Crippen MR) is 47.3 cm³/mol. The molecule has 0 aliphatic heterocycles. The summed E-state index contributed by atoms with van der Waals surface area (Å²) in [7, 11) is 1.51. The normalized spacial score (nSPS) is 9.38. The second kappa shape index (κ2) is 4.45. The van der Waals surface area contributed by atoms with E-state index < -0.39 is 0 Å². The number of methoxy groups -OCH3 is 1. The molecule has 0 saturated heterocycles. The molecule has 0 amide bonds. The summed E-state index contributed by atoms with van der Waals surface area (Å²) in [4.78, 5) is 14.5. The molecule has 0 unspecified atom stereocenters. The van der Waals surface area contributed by atoms with Gasteiger partial charge in [0.1, 0.15) is 0 Å². The third-order valence-electron chi connectivity index (χ3n) is 1.48. The third kappa shape index (κ3) is 2.18. The Morgan fingerprint density at radius 1 is 1.54 bits per heavy atom. The molecular formula is C9H11NO3. The molecule has 0 aromatic carbocycles. The van der Waals surface area contributed by atoms with Crippen molar-refractivity contribution in [3.63, 3.8) is 0 Å². The van der Waals surface area contributed by atoms with Gasteiger partial charge in [0.15, 0.2) is 6.29 Å². The number of hydrogen-bond acceptors (Lipinski definition) is 4. The molecule has 0 N–H and O–H groups in total. The number of pyridine rings is 1. The highest BCUT2D eigenvalue weighted by molar-refractivity contribution is 5.78. The number of carbonyl (C=O) groups excluding carboxylic acids is 1. The van der Waals surface area contributed by atoms with Crippen LogP contribution < -0.4 is 9.47 Å². The molecule has 1 aromatic heterocycles. The van der Waals surface area contributed by atoms with Crippen molar-refractivity contribution in [2.75, 3.05) is 13.7 Å². The molecule has 0 bridgehead atoms. The van der Waals surface area contributed by atoms with Crippen LogP contribution in [0.1, 0.15) is 17.3 Å². The highest BCUT2D eigenvalue weighted by Gasteiger charge is 2.05. The number of rotatable bonds is 4. The minimum atomic E-state index is 0.317. The van der Waals surface area contributed by atoms with E-state index in [2.05, 4.69) is 4.98 Å². The first-order valence-electron chi connectivity index (χ1n) is 3.94. The van der Waals surface area contributed by atoms with Gasteiger partial charge in [-0.3, -0.25) is 4.79 Å². The summed E-state index contributed by atoms with van der Waals surface area (Å²) in [5.74, 6) is 0.755. The molecule has 0 saturated carbocycles. The summed E-state index contributed by atoms with van der Waals surface area (Å²) in [5.41, 5.74) is 0.433. The van der Waals surface area contributed by atoms with E-state index in [9.17, 15) is 4.79 Å². The zero-order valence-corrected chi connectivity index (χ0v) is 7.61. The summed E-state index contributed by atoms with van der Waals surface area (Å²) in [5, 5.41) is 0. The Kier molecular flexibility index (Phi) is 3.25. The first-order chi connectivity index (χ1) is 6.31. The van der Waals surface area contributed by atoms with Gasteiger partial charge in [0, 0.05) is 6.07 Å². The zero-order chi connectivity index (χ0) is 9.68. The standard InChI is InChI=1S/C9H11NO3/c1-3-13-9-7(6-11)4-5-8(10-9)12-2/h4-6H,3H2,1-2H3. The lowest BCUT2D eigenvalue weighted by molar-refractivity contribution is 0.111. The van der Waals surface area contributed by atoms with Crippen LogP contribution in [0.3, 0.4) is 0 Å². The molecule has 4 heteroatoms. The summed E-state index contributed by atoms with van der Waals surface area (Å²) in [6.07, 6.45) is 0.706. The average Bonchev–Trinajstić information content (AvgIpc) is 2.18. The molecule has 1 heterocycles. The lowest BCUT2D eigenvalue weighted by atomic mass is 10.3. The maximum atomic E-state index is 10.5. The molecule has 4 nitrogen and oxygen atoms in total. The van der Waals surface area contributed by atoms with Crippen LogP contribution in [-0.2, 0) is 0 Å². The molecule has 0 fully saturated rings. The fraction of sp³-hybridized carbons (Fsp3) is 0.333. The van der Waals surface area contributed by atoms with E-state index >= 15 is 0 Å². The van der Waals surface area contributed by atoms with Crippen LogP contribution in [0.15, 0.2) is 12.1 Å². The van der Waals surface area contributed by atoms with Crippen molar-refractivity contribution in [3.05, 3.63) is 17.7 Å². The van der Waals surface area contributed by atoms with Crippen molar-refractivity contribution in [1.29, 1.82) is 0 Å². The first-order valence-corrected chi connectivity index (χ1v) is 3.94. The van der Waals surface area contributed by atoms with E-state index in [4.69, 9.17) is 9.47 Å². The van der Waals surface area contributed by atoms with Gasteiger partial charge in [0.2, 0.25) is 11.8 Å². The Morgan fingerprint density at radius 3 is 2.85 bits per heavy atom. The quantitative estimate of drug-likeness (QED) is 0.657. The molecule has 1 rings (SSSR count). The topological polar surface area (TPSA) is 48.4 Å². The Hall–Kier alpha value is -1.58. The average molecular weight is 181 g/mol. The molecule has 0 radical (unpaired) electrons. The minimum absolute atomic E-state index is 0.317. The highest BCUT2D eigenvalue weighted by atomic mass is 16.5. The van der Waals surface area contributed by atoms with E-state index in [1.54, 1.807) is 12.1 Å². The van der Waals surface area contributed by atoms with Gasteiger partial charge in [-0.1, -0.05) is 0 Å². The van der Waals surface area contributed by atoms with Gasteiger partial charge in [-0.05, 0) is 13.0 Å². The fourth-order valence-corrected chi connectivity index (χ4v) is 0.890. The minimum Gasteiger partial charge on any atom is -0.481 e. The third-order valence-corrected chi connectivity index (χ3v) is 1.48. The molecular weight excluding hydrogens is 170 g/mol. The first kappa shape index (κ1) is 9.51. The molecule has 0 atom stereocenters. The van der Waals surface area contributed by atoms with Gasteiger partial charge < -0.3 is 9.47 Å². The number of aromatic nitrogens is 1. The fourth-order valence-electron chi connectivity index (χ4n) is 0.890. The summed E-state index contributed by atoms with van der Waals surface area (Å²) < 4.78 is 10.0. The van der Waals surface area contributed by atoms with Gasteiger partial charge in [-0.15, -0.1) is 0 Å². The molecule has 0 spiro atoms. The monoisotopic (exact) mass is 181 g/mol. The van der Waals surface area contributed by atoms with Crippen molar-refractivity contribution in [1.82, 2.24) is 4.98 Å². The molecule has 70 valence electrons. The summed E-state index contributed by atoms with van der Waals surface area (Å²) in [6.45, 7) is 2.30. The van der Waals surface area contributed by atoms with Gasteiger partial charge in [0.05, 0.1) is 19.3 Å². The van der Waals surface area contributed by atoms with Gasteiger partial charge in [-0.2, -0.15) is 4.98 Å². The number of carbonyl (C=O) groups is 1. The van der Waals surface area contributed by atoms with Crippen LogP contribution in [0.25, 0.3) is 0 Å². The largest absolute Gasteiger partial charge is 0.481 e. The molecule has 1 aromatic rings. The lowest BCUT2D eigenvalue weighted by Crippen LogP contribution is -2.00. The number of hydrogen-bond donors (Lipinski definition) is 0. The van der Waals surface area contributed by atoms with Gasteiger partial charge in [0.25, 0.3) is 0 Å². The van der Waals surface area contributed by atoms with E-state index in [1.165, 1.54) is 7.11 Å². The maximum Gasteiger partial charge on any atom is 0.227 e. The van der Waals surface area contributed by atoms with Crippen molar-refractivity contribution >= 4 is 6.29 Å². The summed E-state index contributed by atoms with van der Waals surface area (Å²) >= 11 is 0. The zero-order valence-electron chi connectivity index (χ0n) is 7.61. The van der Waals surface area contributed by atoms with Crippen LogP contribution in [0.4, 0.5) is 0 Å². The second-order valence-corrected chi connectivity index (χ2v) is 2.30. The van der Waals surface area contributed by atoms with Crippen molar-refractivity contribution in [2.24, 2.45) is 0 Å². The highest BCUT2D eigenvalue weighted by Crippen LogP contribution is 2.17. The number of nitrogens with zero attached hydrogens (tertiary/aromatic N) is 1. The van der Waals surface area contributed by atoms with E-state index in [1.807, 2.05) is 6.92 Å². The maximum absolute atomic E-state index is 10.5. The van der Waals surface area contributed by atoms with E-state index in [0.29, 0.717) is 30.2 Å². The van der Waals surface area contributed by atoms with Gasteiger partial charge >= 0.3 is 0 Å². The van der Waals surface area contributed by atoms with Crippen molar-refractivity contribution < 1.29 is 14.3 Å². The predicted octanol–water partition coefficient (Wildman–Crippen LogP) is 1.30. The number of ether oxygens (including phenoxy) is 2. The summed E-state index contributed by atoms with van der Waals surface area (Å²) in [6, 6.07) is 3.23. The Balaban J connectivity index is 3.02. The van der Waals surface area contributed by atoms with Crippen molar-refractivity contribution in [3.8, 4) is 11.8 Å². The van der Waals surface area contributed by atoms with E-state index in [0.717, 1.165) is 0 Å². The molecule has 13 heavy (non-hydrogen) atoms. The second-order valence-electron chi connectivity index (χ2n) is 2.30. The smallest absolute Gasteiger partial charge is 0.227 e. The van der Waals surface area contributed by atoms with Crippen LogP contribution in [0.2, 0.25) is 0 Å². The lowest BCUT2D eigenvalue weighted by Gasteiger charge is -2.05. The van der Waals surface area contributed by atoms with Crippen LogP contribution in [0.5, 0.6) is 11.8 Å². The van der Waals surface area contributed by atoms with E-state index in [-0.39, 0.29) is 0 Å². The Labute approximate surface area is 76.5 Å². The SMILES string of the molecule is CCOc1nc(OC)ccc1C=O. The van der Waals surface area contributed by atoms with Gasteiger partial charge in [-0.25, -0.2) is 0 Å². The molecule has 0 aliphatic rings. The van der Waals surface area contributed by atoms with Crippen LogP contribution in [0, 0.1) is 0 Å². The van der Waals surface area contributed by atoms with Crippen LogP contribution in [-0.4, -0.2) is 25.0 Å². The Bertz CT molecular complexity index is 299. The van der Waals surface area contributed by atoms with Crippen LogP contribution >= 0.6 is 0 Å².